The van der Waals surface area contributed by atoms with Gasteiger partial charge in [-0.15, -0.1) is 0 Å². The SMILES string of the molecule is CCCc1cccc(C(=O)c2ccc(C)c(N)c2)c1. The molecule has 0 spiro atoms. The third-order valence-electron chi connectivity index (χ3n) is 3.27. The molecule has 2 rings (SSSR count). The summed E-state index contributed by atoms with van der Waals surface area (Å²) in [6.07, 6.45) is 2.08. The fraction of sp³-hybridized carbons (Fsp3) is 0.235. The van der Waals surface area contributed by atoms with Crippen molar-refractivity contribution in [2.75, 3.05) is 5.73 Å². The number of aryl methyl sites for hydroxylation is 2. The predicted octanol–water partition coefficient (Wildman–Crippen LogP) is 3.76. The molecule has 0 heterocycles. The first kappa shape index (κ1) is 13.3. The van der Waals surface area contributed by atoms with Crippen molar-refractivity contribution in [1.82, 2.24) is 0 Å². The molecule has 0 fully saturated rings. The van der Waals surface area contributed by atoms with Crippen LogP contribution in [0.1, 0.15) is 40.4 Å². The maximum Gasteiger partial charge on any atom is 0.193 e. The van der Waals surface area contributed by atoms with Crippen LogP contribution in [0, 0.1) is 6.92 Å². The quantitative estimate of drug-likeness (QED) is 0.666. The normalized spacial score (nSPS) is 10.4. The van der Waals surface area contributed by atoms with E-state index in [1.807, 2.05) is 37.3 Å². The van der Waals surface area contributed by atoms with Crippen molar-refractivity contribution in [2.45, 2.75) is 26.7 Å². The highest BCUT2D eigenvalue weighted by molar-refractivity contribution is 6.09. The van der Waals surface area contributed by atoms with Gasteiger partial charge in [-0.2, -0.15) is 0 Å². The summed E-state index contributed by atoms with van der Waals surface area (Å²) in [5.74, 6) is 0.0321. The van der Waals surface area contributed by atoms with Crippen LogP contribution in [0.5, 0.6) is 0 Å². The van der Waals surface area contributed by atoms with Gasteiger partial charge in [0.1, 0.15) is 0 Å². The van der Waals surface area contributed by atoms with Gasteiger partial charge in [0.25, 0.3) is 0 Å². The van der Waals surface area contributed by atoms with Gasteiger partial charge in [-0.3, -0.25) is 4.79 Å². The first-order valence-corrected chi connectivity index (χ1v) is 6.61. The molecule has 2 nitrogen and oxygen atoms in total. The van der Waals surface area contributed by atoms with Gasteiger partial charge in [0.05, 0.1) is 0 Å². The molecule has 0 bridgehead atoms. The highest BCUT2D eigenvalue weighted by Crippen LogP contribution is 2.17. The van der Waals surface area contributed by atoms with Gasteiger partial charge in [-0.25, -0.2) is 0 Å². The zero-order valence-electron chi connectivity index (χ0n) is 11.4. The van der Waals surface area contributed by atoms with Crippen molar-refractivity contribution in [3.05, 3.63) is 64.7 Å². The second kappa shape index (κ2) is 5.70. The van der Waals surface area contributed by atoms with E-state index >= 15 is 0 Å². The largest absolute Gasteiger partial charge is 0.398 e. The van der Waals surface area contributed by atoms with Crippen molar-refractivity contribution < 1.29 is 4.79 Å². The lowest BCUT2D eigenvalue weighted by molar-refractivity contribution is 0.103. The Kier molecular flexibility index (Phi) is 4.00. The molecule has 0 aliphatic rings. The van der Waals surface area contributed by atoms with E-state index < -0.39 is 0 Å². The summed E-state index contributed by atoms with van der Waals surface area (Å²) in [6, 6.07) is 13.3. The number of hydrogen-bond acceptors (Lipinski definition) is 2. The van der Waals surface area contributed by atoms with E-state index in [9.17, 15) is 4.79 Å². The molecule has 98 valence electrons. The minimum absolute atomic E-state index is 0.0321. The standard InChI is InChI=1S/C17H19NO/c1-3-5-13-6-4-7-14(10-13)17(19)15-9-8-12(2)16(18)11-15/h4,6-11H,3,5,18H2,1-2H3. The monoisotopic (exact) mass is 253 g/mol. The van der Waals surface area contributed by atoms with Gasteiger partial charge in [-0.05, 0) is 36.6 Å². The maximum atomic E-state index is 12.4. The van der Waals surface area contributed by atoms with Crippen LogP contribution in [0.3, 0.4) is 0 Å². The number of rotatable bonds is 4. The summed E-state index contributed by atoms with van der Waals surface area (Å²) in [5, 5.41) is 0. The number of carbonyl (C=O) groups excluding carboxylic acids is 1. The highest BCUT2D eigenvalue weighted by Gasteiger charge is 2.10. The molecule has 0 unspecified atom stereocenters. The molecule has 2 heteroatoms. The lowest BCUT2D eigenvalue weighted by Crippen LogP contribution is -2.03. The number of anilines is 1. The lowest BCUT2D eigenvalue weighted by Gasteiger charge is -2.06. The molecule has 0 aliphatic carbocycles. The summed E-state index contributed by atoms with van der Waals surface area (Å²) in [7, 11) is 0. The number of ketones is 1. The fourth-order valence-corrected chi connectivity index (χ4v) is 2.11. The molecular formula is C17H19NO. The molecule has 2 aromatic rings. The minimum Gasteiger partial charge on any atom is -0.398 e. The van der Waals surface area contributed by atoms with Crippen LogP contribution >= 0.6 is 0 Å². The molecular weight excluding hydrogens is 234 g/mol. The minimum atomic E-state index is 0.0321. The van der Waals surface area contributed by atoms with E-state index in [0.29, 0.717) is 11.3 Å². The van der Waals surface area contributed by atoms with Crippen LogP contribution in [-0.4, -0.2) is 5.78 Å². The third-order valence-corrected chi connectivity index (χ3v) is 3.27. The van der Waals surface area contributed by atoms with Crippen LogP contribution in [-0.2, 0) is 6.42 Å². The molecule has 0 amide bonds. The predicted molar refractivity (Wildman–Crippen MR) is 79.5 cm³/mol. The van der Waals surface area contributed by atoms with Crippen LogP contribution in [0.4, 0.5) is 5.69 Å². The van der Waals surface area contributed by atoms with E-state index in [1.54, 1.807) is 6.07 Å². The van der Waals surface area contributed by atoms with Crippen molar-refractivity contribution in [3.63, 3.8) is 0 Å². The molecule has 0 saturated heterocycles. The van der Waals surface area contributed by atoms with Gasteiger partial charge in [-0.1, -0.05) is 43.7 Å². The molecule has 0 saturated carbocycles. The van der Waals surface area contributed by atoms with E-state index in [4.69, 9.17) is 5.73 Å². The van der Waals surface area contributed by atoms with Crippen LogP contribution in [0.2, 0.25) is 0 Å². The van der Waals surface area contributed by atoms with Gasteiger partial charge in [0.2, 0.25) is 0 Å². The van der Waals surface area contributed by atoms with Gasteiger partial charge < -0.3 is 5.73 Å². The van der Waals surface area contributed by atoms with Crippen molar-refractivity contribution in [1.29, 1.82) is 0 Å². The number of nitrogens with two attached hydrogens (primary N) is 1. The van der Waals surface area contributed by atoms with Crippen LogP contribution in [0.25, 0.3) is 0 Å². The Labute approximate surface area is 114 Å². The van der Waals surface area contributed by atoms with Crippen LogP contribution in [0.15, 0.2) is 42.5 Å². The highest BCUT2D eigenvalue weighted by atomic mass is 16.1. The third kappa shape index (κ3) is 3.02. The van der Waals surface area contributed by atoms with Gasteiger partial charge in [0.15, 0.2) is 5.78 Å². The first-order valence-electron chi connectivity index (χ1n) is 6.61. The molecule has 0 atom stereocenters. The summed E-state index contributed by atoms with van der Waals surface area (Å²) in [5.41, 5.74) is 10.1. The summed E-state index contributed by atoms with van der Waals surface area (Å²) in [4.78, 5) is 12.4. The number of nitrogen functional groups attached to an aromatic ring is 1. The molecule has 0 radical (unpaired) electrons. The van der Waals surface area contributed by atoms with Crippen molar-refractivity contribution >= 4 is 11.5 Å². The lowest BCUT2D eigenvalue weighted by atomic mass is 9.98. The average Bonchev–Trinajstić information content (AvgIpc) is 2.42. The smallest absolute Gasteiger partial charge is 0.193 e. The number of hydrogen-bond donors (Lipinski definition) is 1. The molecule has 19 heavy (non-hydrogen) atoms. The Morgan fingerprint density at radius 2 is 1.84 bits per heavy atom. The summed E-state index contributed by atoms with van der Waals surface area (Å²) >= 11 is 0. The van der Waals surface area contributed by atoms with Gasteiger partial charge in [0, 0.05) is 16.8 Å². The van der Waals surface area contributed by atoms with E-state index in [0.717, 1.165) is 24.0 Å². The van der Waals surface area contributed by atoms with Crippen molar-refractivity contribution in [3.8, 4) is 0 Å². The maximum absolute atomic E-state index is 12.4. The number of benzene rings is 2. The number of carbonyl (C=O) groups is 1. The molecule has 0 aromatic heterocycles. The van der Waals surface area contributed by atoms with Crippen LogP contribution < -0.4 is 5.73 Å². The van der Waals surface area contributed by atoms with Crippen molar-refractivity contribution in [2.24, 2.45) is 0 Å². The zero-order chi connectivity index (χ0) is 13.8. The Morgan fingerprint density at radius 1 is 1.11 bits per heavy atom. The summed E-state index contributed by atoms with van der Waals surface area (Å²) < 4.78 is 0. The molecule has 2 N–H and O–H groups in total. The van der Waals surface area contributed by atoms with Gasteiger partial charge >= 0.3 is 0 Å². The summed E-state index contributed by atoms with van der Waals surface area (Å²) in [6.45, 7) is 4.07. The van der Waals surface area contributed by atoms with E-state index in [1.165, 1.54) is 5.56 Å². The first-order chi connectivity index (χ1) is 9.11. The topological polar surface area (TPSA) is 43.1 Å². The molecule has 2 aromatic carbocycles. The van der Waals surface area contributed by atoms with E-state index in [-0.39, 0.29) is 5.78 Å². The second-order valence-corrected chi connectivity index (χ2v) is 4.85. The Bertz CT molecular complexity index is 602. The Balaban J connectivity index is 2.32. The molecule has 0 aliphatic heterocycles. The zero-order valence-corrected chi connectivity index (χ0v) is 11.4. The Hall–Kier alpha value is -2.09. The Morgan fingerprint density at radius 3 is 2.53 bits per heavy atom. The fourth-order valence-electron chi connectivity index (χ4n) is 2.11. The second-order valence-electron chi connectivity index (χ2n) is 4.85. The van der Waals surface area contributed by atoms with E-state index in [2.05, 4.69) is 13.0 Å². The average molecular weight is 253 g/mol.